The third-order valence-corrected chi connectivity index (χ3v) is 5.90. The number of benzene rings is 1. The Balaban J connectivity index is 1.53. The first kappa shape index (κ1) is 25.3. The molecule has 0 radical (unpaired) electrons. The van der Waals surface area contributed by atoms with Crippen LogP contribution >= 0.6 is 0 Å². The number of alkyl halides is 3. The van der Waals surface area contributed by atoms with Gasteiger partial charge in [0.05, 0.1) is 12.2 Å². The molecule has 3 aromatic heterocycles. The van der Waals surface area contributed by atoms with Gasteiger partial charge in [0.2, 0.25) is 5.91 Å². The maximum absolute atomic E-state index is 13.0. The molecule has 1 aromatic carbocycles. The van der Waals surface area contributed by atoms with Crippen molar-refractivity contribution in [2.45, 2.75) is 65.6 Å². The summed E-state index contributed by atoms with van der Waals surface area (Å²) in [4.78, 5) is 20.6. The molecular formula is C25H28F3N7O. The highest BCUT2D eigenvalue weighted by Crippen LogP contribution is 2.28. The van der Waals surface area contributed by atoms with E-state index >= 15 is 0 Å². The van der Waals surface area contributed by atoms with Gasteiger partial charge >= 0.3 is 6.18 Å². The quantitative estimate of drug-likeness (QED) is 0.409. The molecule has 0 bridgehead atoms. The Morgan fingerprint density at radius 3 is 2.36 bits per heavy atom. The number of fused-ring (bicyclic) bond motifs is 1. The van der Waals surface area contributed by atoms with Gasteiger partial charge < -0.3 is 5.32 Å². The number of nitrogens with one attached hydrogen (secondary N) is 1. The van der Waals surface area contributed by atoms with E-state index in [2.05, 4.69) is 41.2 Å². The lowest BCUT2D eigenvalue weighted by atomic mass is 9.92. The Kier molecular flexibility index (Phi) is 6.59. The Hall–Kier alpha value is -3.76. The van der Waals surface area contributed by atoms with Crippen LogP contribution in [0, 0.1) is 13.8 Å². The van der Waals surface area contributed by atoms with E-state index in [-0.39, 0.29) is 29.9 Å². The van der Waals surface area contributed by atoms with Crippen LogP contribution in [0.5, 0.6) is 0 Å². The highest BCUT2D eigenvalue weighted by molar-refractivity contribution is 5.90. The minimum absolute atomic E-state index is 0.108. The second-order valence-corrected chi connectivity index (χ2v) is 9.76. The summed E-state index contributed by atoms with van der Waals surface area (Å²) >= 11 is 0. The number of carbonyl (C=O) groups is 1. The predicted octanol–water partition coefficient (Wildman–Crippen LogP) is 4.87. The smallest absolute Gasteiger partial charge is 0.311 e. The number of carbonyl (C=O) groups excluding carboxylic acids is 1. The zero-order valence-electron chi connectivity index (χ0n) is 20.8. The zero-order chi connectivity index (χ0) is 26.3. The minimum atomic E-state index is -4.66. The molecule has 0 fully saturated rings. The summed E-state index contributed by atoms with van der Waals surface area (Å²) in [6, 6.07) is 11.7. The van der Waals surface area contributed by atoms with Crippen LogP contribution < -0.4 is 5.32 Å². The molecule has 0 atom stereocenters. The standard InChI is InChI=1S/C25H28F3N7O/c1-15-18(16(2)35-23(29-15)31-22(33-35)25(26,27)28)11-12-21(36)30-20-13-19(24(3,4)5)32-34(20)14-17-9-7-6-8-10-17/h6-10,13H,11-12,14H2,1-5H3,(H,30,36). The van der Waals surface area contributed by atoms with Gasteiger partial charge in [0.15, 0.2) is 0 Å². The fourth-order valence-electron chi connectivity index (χ4n) is 3.89. The van der Waals surface area contributed by atoms with E-state index in [0.29, 0.717) is 29.3 Å². The van der Waals surface area contributed by atoms with E-state index in [0.717, 1.165) is 15.8 Å². The van der Waals surface area contributed by atoms with Crippen LogP contribution in [0.2, 0.25) is 0 Å². The lowest BCUT2D eigenvalue weighted by molar-refractivity contribution is -0.144. The molecule has 36 heavy (non-hydrogen) atoms. The molecule has 1 amide bonds. The van der Waals surface area contributed by atoms with Gasteiger partial charge in [-0.1, -0.05) is 51.1 Å². The molecule has 1 N–H and O–H groups in total. The zero-order valence-corrected chi connectivity index (χ0v) is 20.8. The number of rotatable bonds is 6. The van der Waals surface area contributed by atoms with E-state index in [1.54, 1.807) is 18.5 Å². The van der Waals surface area contributed by atoms with Gasteiger partial charge in [-0.15, -0.1) is 5.10 Å². The van der Waals surface area contributed by atoms with Crippen molar-refractivity contribution in [2.75, 3.05) is 5.32 Å². The summed E-state index contributed by atoms with van der Waals surface area (Å²) in [7, 11) is 0. The SMILES string of the molecule is Cc1nc2nc(C(F)(F)F)nn2c(C)c1CCC(=O)Nc1cc(C(C)(C)C)nn1Cc1ccccc1. The van der Waals surface area contributed by atoms with E-state index in [1.165, 1.54) is 0 Å². The van der Waals surface area contributed by atoms with Crippen molar-refractivity contribution < 1.29 is 18.0 Å². The van der Waals surface area contributed by atoms with Crippen molar-refractivity contribution in [1.29, 1.82) is 0 Å². The first-order valence-electron chi connectivity index (χ1n) is 11.5. The molecule has 0 aliphatic carbocycles. The van der Waals surface area contributed by atoms with Gasteiger partial charge in [0, 0.05) is 29.3 Å². The monoisotopic (exact) mass is 499 g/mol. The summed E-state index contributed by atoms with van der Waals surface area (Å²) in [5.41, 5.74) is 3.33. The molecule has 190 valence electrons. The molecule has 0 spiro atoms. The maximum atomic E-state index is 13.0. The van der Waals surface area contributed by atoms with Crippen molar-refractivity contribution in [2.24, 2.45) is 0 Å². The molecule has 4 rings (SSSR count). The lowest BCUT2D eigenvalue weighted by Crippen LogP contribution is -2.17. The summed E-state index contributed by atoms with van der Waals surface area (Å²) < 4.78 is 42.0. The van der Waals surface area contributed by atoms with Gasteiger partial charge in [-0.3, -0.25) is 4.79 Å². The van der Waals surface area contributed by atoms with Gasteiger partial charge in [-0.2, -0.15) is 23.3 Å². The lowest BCUT2D eigenvalue weighted by Gasteiger charge is -2.14. The number of aromatic nitrogens is 6. The highest BCUT2D eigenvalue weighted by atomic mass is 19.4. The molecule has 8 nitrogen and oxygen atoms in total. The molecule has 0 aliphatic rings. The number of nitrogens with zero attached hydrogens (tertiary/aromatic N) is 6. The Labute approximate surface area is 206 Å². The van der Waals surface area contributed by atoms with Crippen LogP contribution in [0.25, 0.3) is 5.78 Å². The molecule has 11 heteroatoms. The number of anilines is 1. The van der Waals surface area contributed by atoms with Crippen LogP contribution in [-0.2, 0) is 29.4 Å². The fourth-order valence-corrected chi connectivity index (χ4v) is 3.89. The highest BCUT2D eigenvalue weighted by Gasteiger charge is 2.37. The van der Waals surface area contributed by atoms with E-state index < -0.39 is 12.0 Å². The Morgan fingerprint density at radius 1 is 1.03 bits per heavy atom. The number of halogens is 3. The van der Waals surface area contributed by atoms with E-state index in [1.807, 2.05) is 36.4 Å². The fraction of sp³-hybridized carbons (Fsp3) is 0.400. The number of hydrogen-bond donors (Lipinski definition) is 1. The van der Waals surface area contributed by atoms with Crippen molar-refractivity contribution in [3.05, 3.63) is 70.4 Å². The third-order valence-electron chi connectivity index (χ3n) is 5.90. The van der Waals surface area contributed by atoms with Crippen molar-refractivity contribution in [3.8, 4) is 0 Å². The van der Waals surface area contributed by atoms with Gasteiger partial charge in [-0.05, 0) is 31.4 Å². The summed E-state index contributed by atoms with van der Waals surface area (Å²) in [6.07, 6.45) is -4.27. The molecule has 4 aromatic rings. The molecule has 3 heterocycles. The van der Waals surface area contributed by atoms with Crippen LogP contribution in [0.1, 0.15) is 61.2 Å². The molecule has 0 saturated carbocycles. The predicted molar refractivity (Wildman–Crippen MR) is 129 cm³/mol. The molecule has 0 aliphatic heterocycles. The van der Waals surface area contributed by atoms with Gasteiger partial charge in [0.1, 0.15) is 5.82 Å². The van der Waals surface area contributed by atoms with Crippen molar-refractivity contribution in [1.82, 2.24) is 29.4 Å². The Morgan fingerprint density at radius 2 is 1.72 bits per heavy atom. The average Bonchev–Trinajstić information content (AvgIpc) is 3.39. The van der Waals surface area contributed by atoms with E-state index in [4.69, 9.17) is 5.10 Å². The Bertz CT molecular complexity index is 1400. The minimum Gasteiger partial charge on any atom is -0.311 e. The number of hydrogen-bond acceptors (Lipinski definition) is 5. The first-order chi connectivity index (χ1) is 16.8. The number of aryl methyl sites for hydroxylation is 2. The summed E-state index contributed by atoms with van der Waals surface area (Å²) in [6.45, 7) is 9.99. The topological polar surface area (TPSA) is 90.0 Å². The average molecular weight is 500 g/mol. The normalized spacial score (nSPS) is 12.3. The van der Waals surface area contributed by atoms with Crippen LogP contribution in [0.4, 0.5) is 19.0 Å². The molecule has 0 saturated heterocycles. The number of amides is 1. The van der Waals surface area contributed by atoms with Crippen molar-refractivity contribution in [3.63, 3.8) is 0 Å². The van der Waals surface area contributed by atoms with Crippen LogP contribution in [0.3, 0.4) is 0 Å². The van der Waals surface area contributed by atoms with E-state index in [9.17, 15) is 18.0 Å². The second kappa shape index (κ2) is 9.36. The summed E-state index contributed by atoms with van der Waals surface area (Å²) in [5.74, 6) is -1.01. The second-order valence-electron chi connectivity index (χ2n) is 9.76. The summed E-state index contributed by atoms with van der Waals surface area (Å²) in [5, 5.41) is 11.2. The molecular weight excluding hydrogens is 471 g/mol. The third kappa shape index (κ3) is 5.39. The molecule has 0 unspecified atom stereocenters. The van der Waals surface area contributed by atoms with Gasteiger partial charge in [-0.25, -0.2) is 14.2 Å². The first-order valence-corrected chi connectivity index (χ1v) is 11.5. The maximum Gasteiger partial charge on any atom is 0.453 e. The van der Waals surface area contributed by atoms with Crippen LogP contribution in [-0.4, -0.2) is 35.3 Å². The van der Waals surface area contributed by atoms with Gasteiger partial charge in [0.25, 0.3) is 11.6 Å². The van der Waals surface area contributed by atoms with Crippen LogP contribution in [0.15, 0.2) is 36.4 Å². The van der Waals surface area contributed by atoms with Crippen molar-refractivity contribution >= 4 is 17.5 Å². The largest absolute Gasteiger partial charge is 0.453 e.